The number of nitrogens with two attached hydrogens (primary N) is 1. The molecule has 0 unspecified atom stereocenters. The Balaban J connectivity index is 0.00000162. The van der Waals surface area contributed by atoms with Crippen LogP contribution in [0.3, 0.4) is 0 Å². The molecule has 1 aromatic carbocycles. The number of hydrogen-bond acceptors (Lipinski definition) is 4. The zero-order valence-electron chi connectivity index (χ0n) is 9.08. The molecule has 0 amide bonds. The van der Waals surface area contributed by atoms with Crippen molar-refractivity contribution in [3.05, 3.63) is 62.1 Å². The van der Waals surface area contributed by atoms with Gasteiger partial charge in [0.2, 0.25) is 0 Å². The van der Waals surface area contributed by atoms with Gasteiger partial charge in [0, 0.05) is 4.88 Å². The van der Waals surface area contributed by atoms with Crippen molar-refractivity contribution in [2.24, 2.45) is 5.73 Å². The zero-order chi connectivity index (χ0) is 12.4. The molecule has 1 aromatic heterocycles. The van der Waals surface area contributed by atoms with Crippen molar-refractivity contribution in [3.63, 3.8) is 0 Å². The third kappa shape index (κ3) is 2.84. The molecule has 2 rings (SSSR count). The van der Waals surface area contributed by atoms with Gasteiger partial charge in [0.15, 0.2) is 0 Å². The molecule has 0 aliphatic heterocycles. The number of nitro benzene ring substituents is 1. The first-order valence-corrected chi connectivity index (χ1v) is 5.70. The van der Waals surface area contributed by atoms with Crippen LogP contribution in [0.25, 0.3) is 0 Å². The monoisotopic (exact) mass is 288 g/mol. The molecule has 4 nitrogen and oxygen atoms in total. The molecule has 0 saturated carbocycles. The minimum absolute atomic E-state index is 0. The number of thiophene rings is 1. The standard InChI is InChI=1S/C11H9FN2O2S.ClH/c12-7-3-4-8(9(6-7)14(15)16)11(13)10-2-1-5-17-10;/h1-6,11H,13H2;1H/t11-;/m1./s1. The van der Waals surface area contributed by atoms with Crippen LogP contribution in [0.2, 0.25) is 0 Å². The first-order chi connectivity index (χ1) is 8.09. The topological polar surface area (TPSA) is 69.2 Å². The molecule has 2 aromatic rings. The number of nitrogens with zero attached hydrogens (tertiary/aromatic N) is 1. The average Bonchev–Trinajstić information content (AvgIpc) is 2.81. The van der Waals surface area contributed by atoms with Gasteiger partial charge in [-0.3, -0.25) is 10.1 Å². The maximum atomic E-state index is 13.0. The highest BCUT2D eigenvalue weighted by Gasteiger charge is 2.21. The fourth-order valence-electron chi connectivity index (χ4n) is 1.56. The Morgan fingerprint density at radius 2 is 2.11 bits per heavy atom. The van der Waals surface area contributed by atoms with Gasteiger partial charge >= 0.3 is 0 Å². The molecular weight excluding hydrogens is 279 g/mol. The predicted molar refractivity (Wildman–Crippen MR) is 70.7 cm³/mol. The summed E-state index contributed by atoms with van der Waals surface area (Å²) in [5, 5.41) is 12.7. The highest BCUT2D eigenvalue weighted by atomic mass is 35.5. The highest BCUT2D eigenvalue weighted by Crippen LogP contribution is 2.30. The number of hydrogen-bond donors (Lipinski definition) is 1. The van der Waals surface area contributed by atoms with E-state index in [9.17, 15) is 14.5 Å². The molecule has 7 heteroatoms. The van der Waals surface area contributed by atoms with Crippen molar-refractivity contribution in [1.29, 1.82) is 0 Å². The third-order valence-electron chi connectivity index (χ3n) is 2.37. The van der Waals surface area contributed by atoms with E-state index in [-0.39, 0.29) is 18.1 Å². The molecule has 96 valence electrons. The van der Waals surface area contributed by atoms with Gasteiger partial charge in [0.1, 0.15) is 5.82 Å². The Morgan fingerprint density at radius 1 is 1.39 bits per heavy atom. The Kier molecular flexibility index (Phi) is 4.77. The summed E-state index contributed by atoms with van der Waals surface area (Å²) in [7, 11) is 0. The van der Waals surface area contributed by atoms with E-state index in [1.165, 1.54) is 23.5 Å². The smallest absolute Gasteiger partial charge is 0.277 e. The molecule has 2 N–H and O–H groups in total. The second kappa shape index (κ2) is 5.90. The van der Waals surface area contributed by atoms with Gasteiger partial charge < -0.3 is 5.73 Å². The van der Waals surface area contributed by atoms with E-state index < -0.39 is 16.8 Å². The second-order valence-corrected chi connectivity index (χ2v) is 4.43. The van der Waals surface area contributed by atoms with Crippen molar-refractivity contribution >= 4 is 29.4 Å². The van der Waals surface area contributed by atoms with E-state index in [2.05, 4.69) is 0 Å². The minimum atomic E-state index is -0.640. The highest BCUT2D eigenvalue weighted by molar-refractivity contribution is 7.10. The maximum Gasteiger partial charge on any atom is 0.277 e. The Morgan fingerprint density at radius 3 is 2.67 bits per heavy atom. The fourth-order valence-corrected chi connectivity index (χ4v) is 2.30. The summed E-state index contributed by atoms with van der Waals surface area (Å²) >= 11 is 1.41. The van der Waals surface area contributed by atoms with Crippen molar-refractivity contribution in [3.8, 4) is 0 Å². The second-order valence-electron chi connectivity index (χ2n) is 3.45. The van der Waals surface area contributed by atoms with Crippen LogP contribution in [0.4, 0.5) is 10.1 Å². The summed E-state index contributed by atoms with van der Waals surface area (Å²) < 4.78 is 13.0. The lowest BCUT2D eigenvalue weighted by atomic mass is 10.0. The number of halogens is 2. The Labute approximate surface area is 113 Å². The van der Waals surface area contributed by atoms with Gasteiger partial charge in [-0.15, -0.1) is 23.7 Å². The maximum absolute atomic E-state index is 13.0. The molecule has 18 heavy (non-hydrogen) atoms. The lowest BCUT2D eigenvalue weighted by Gasteiger charge is -2.10. The summed E-state index contributed by atoms with van der Waals surface area (Å²) in [6, 6.07) is 6.43. The average molecular weight is 289 g/mol. The summed E-state index contributed by atoms with van der Waals surface area (Å²) in [6.45, 7) is 0. The fraction of sp³-hybridized carbons (Fsp3) is 0.0909. The molecule has 0 saturated heterocycles. The lowest BCUT2D eigenvalue weighted by Crippen LogP contribution is -2.12. The molecule has 1 heterocycles. The van der Waals surface area contributed by atoms with Crippen LogP contribution in [0.5, 0.6) is 0 Å². The molecule has 0 aliphatic rings. The molecule has 0 aliphatic carbocycles. The van der Waals surface area contributed by atoms with Gasteiger partial charge in [0.25, 0.3) is 5.69 Å². The van der Waals surface area contributed by atoms with Gasteiger partial charge in [-0.05, 0) is 23.6 Å². The summed E-state index contributed by atoms with van der Waals surface area (Å²) in [6.07, 6.45) is 0. The Hall–Kier alpha value is -1.50. The first kappa shape index (κ1) is 14.6. The van der Waals surface area contributed by atoms with Crippen molar-refractivity contribution in [2.75, 3.05) is 0 Å². The summed E-state index contributed by atoms with van der Waals surface area (Å²) in [5.74, 6) is -0.640. The van der Waals surface area contributed by atoms with Crippen LogP contribution < -0.4 is 5.73 Å². The van der Waals surface area contributed by atoms with Gasteiger partial charge in [-0.25, -0.2) is 4.39 Å². The van der Waals surface area contributed by atoms with Crippen molar-refractivity contribution in [1.82, 2.24) is 0 Å². The number of benzene rings is 1. The molecule has 0 spiro atoms. The van der Waals surface area contributed by atoms with Crippen LogP contribution in [0.15, 0.2) is 35.7 Å². The molecule has 0 bridgehead atoms. The lowest BCUT2D eigenvalue weighted by molar-refractivity contribution is -0.385. The van der Waals surface area contributed by atoms with Crippen LogP contribution in [-0.2, 0) is 0 Å². The third-order valence-corrected chi connectivity index (χ3v) is 3.33. The SMILES string of the molecule is Cl.N[C@@H](c1cccs1)c1ccc(F)cc1[N+](=O)[O-]. The van der Waals surface area contributed by atoms with E-state index in [1.54, 1.807) is 6.07 Å². The van der Waals surface area contributed by atoms with Gasteiger partial charge in [0.05, 0.1) is 22.6 Å². The molecule has 0 radical (unpaired) electrons. The van der Waals surface area contributed by atoms with E-state index in [1.807, 2.05) is 11.4 Å². The van der Waals surface area contributed by atoms with Crippen LogP contribution in [0.1, 0.15) is 16.5 Å². The Bertz CT molecular complexity index is 548. The molecular formula is C11H10ClFN2O2S. The van der Waals surface area contributed by atoms with Crippen LogP contribution >= 0.6 is 23.7 Å². The van der Waals surface area contributed by atoms with E-state index in [0.29, 0.717) is 5.56 Å². The van der Waals surface area contributed by atoms with Crippen LogP contribution in [0, 0.1) is 15.9 Å². The van der Waals surface area contributed by atoms with Crippen LogP contribution in [-0.4, -0.2) is 4.92 Å². The van der Waals surface area contributed by atoms with Gasteiger partial charge in [-0.1, -0.05) is 6.07 Å². The molecule has 1 atom stereocenters. The van der Waals surface area contributed by atoms with E-state index in [4.69, 9.17) is 5.73 Å². The van der Waals surface area contributed by atoms with Gasteiger partial charge in [-0.2, -0.15) is 0 Å². The normalized spacial score (nSPS) is 11.7. The van der Waals surface area contributed by atoms with E-state index >= 15 is 0 Å². The predicted octanol–water partition coefficient (Wildman–Crippen LogP) is 3.27. The summed E-state index contributed by atoms with van der Waals surface area (Å²) in [4.78, 5) is 11.0. The quantitative estimate of drug-likeness (QED) is 0.696. The zero-order valence-corrected chi connectivity index (χ0v) is 10.7. The van der Waals surface area contributed by atoms with Crippen molar-refractivity contribution < 1.29 is 9.31 Å². The number of rotatable bonds is 3. The minimum Gasteiger partial charge on any atom is -0.319 e. The van der Waals surface area contributed by atoms with Crippen molar-refractivity contribution in [2.45, 2.75) is 6.04 Å². The first-order valence-electron chi connectivity index (χ1n) is 4.82. The molecule has 0 fully saturated rings. The summed E-state index contributed by atoms with van der Waals surface area (Å²) in [5.41, 5.74) is 5.97. The van der Waals surface area contributed by atoms with E-state index in [0.717, 1.165) is 10.9 Å². The number of nitro groups is 1. The largest absolute Gasteiger partial charge is 0.319 e.